The minimum atomic E-state index is -0.211. The van der Waals surface area contributed by atoms with E-state index in [1.165, 1.54) is 28.4 Å². The van der Waals surface area contributed by atoms with Crippen molar-refractivity contribution in [2.24, 2.45) is 0 Å². The van der Waals surface area contributed by atoms with Crippen LogP contribution in [0.1, 0.15) is 33.6 Å². The summed E-state index contributed by atoms with van der Waals surface area (Å²) < 4.78 is 28.2. The van der Waals surface area contributed by atoms with Gasteiger partial charge in [0.05, 0.1) is 38.6 Å². The standard InChI is InChI=1S/C28H28ClIO7S/c1-33-24-14-17(13-21(30)27(24)37-11-12-38-20-7-5-19(29)6-8-20)22(31)9-10-23(32)18-15-25(34-2)28(36-4)26(16-18)35-3/h5-8,13-16H,9-12H2,1-4H3. The normalized spacial score (nSPS) is 10.6. The Morgan fingerprint density at radius 2 is 1.26 bits per heavy atom. The van der Waals surface area contributed by atoms with Crippen molar-refractivity contribution in [3.05, 3.63) is 68.3 Å². The van der Waals surface area contributed by atoms with Crippen molar-refractivity contribution < 1.29 is 33.3 Å². The monoisotopic (exact) mass is 670 g/mol. The Balaban J connectivity index is 1.63. The Labute approximate surface area is 245 Å². The summed E-state index contributed by atoms with van der Waals surface area (Å²) in [5.74, 6) is 2.54. The van der Waals surface area contributed by atoms with E-state index in [4.69, 9.17) is 35.3 Å². The summed E-state index contributed by atoms with van der Waals surface area (Å²) in [6.45, 7) is 0.455. The SMILES string of the molecule is COc1cc(C(=O)CCC(=O)c2cc(OC)c(OC)c(OC)c2)cc(I)c1OCCSc1ccc(Cl)cc1. The fourth-order valence-corrected chi connectivity index (χ4v) is 5.23. The Bertz CT molecular complexity index is 1260. The molecule has 0 saturated heterocycles. The van der Waals surface area contributed by atoms with Gasteiger partial charge >= 0.3 is 0 Å². The first-order chi connectivity index (χ1) is 18.3. The molecule has 3 aromatic rings. The molecule has 0 aliphatic rings. The molecule has 0 spiro atoms. The molecule has 202 valence electrons. The van der Waals surface area contributed by atoms with Gasteiger partial charge in [0.25, 0.3) is 0 Å². The number of hydrogen-bond donors (Lipinski definition) is 0. The molecule has 0 fully saturated rings. The third-order valence-electron chi connectivity index (χ3n) is 5.53. The molecule has 0 aliphatic heterocycles. The number of methoxy groups -OCH3 is 4. The van der Waals surface area contributed by atoms with Gasteiger partial charge in [-0.15, -0.1) is 11.8 Å². The van der Waals surface area contributed by atoms with E-state index >= 15 is 0 Å². The van der Waals surface area contributed by atoms with Crippen molar-refractivity contribution in [2.45, 2.75) is 17.7 Å². The maximum absolute atomic E-state index is 13.0. The zero-order valence-electron chi connectivity index (χ0n) is 21.5. The van der Waals surface area contributed by atoms with Crippen LogP contribution in [-0.2, 0) is 0 Å². The van der Waals surface area contributed by atoms with Crippen LogP contribution in [-0.4, -0.2) is 52.4 Å². The Hall–Kier alpha value is -2.63. The molecule has 0 radical (unpaired) electrons. The second-order valence-electron chi connectivity index (χ2n) is 7.90. The van der Waals surface area contributed by atoms with Gasteiger partial charge in [0.2, 0.25) is 5.75 Å². The van der Waals surface area contributed by atoms with E-state index in [0.29, 0.717) is 51.5 Å². The predicted molar refractivity (Wildman–Crippen MR) is 157 cm³/mol. The van der Waals surface area contributed by atoms with Crippen molar-refractivity contribution in [3.63, 3.8) is 0 Å². The highest BCUT2D eigenvalue weighted by molar-refractivity contribution is 14.1. The summed E-state index contributed by atoms with van der Waals surface area (Å²) in [5.41, 5.74) is 0.825. The molecule has 0 unspecified atom stereocenters. The first-order valence-corrected chi connectivity index (χ1v) is 14.0. The van der Waals surface area contributed by atoms with Crippen LogP contribution in [0, 0.1) is 3.57 Å². The summed E-state index contributed by atoms with van der Waals surface area (Å²) in [6, 6.07) is 14.2. The largest absolute Gasteiger partial charge is 0.493 e. The van der Waals surface area contributed by atoms with Gasteiger partial charge in [-0.3, -0.25) is 9.59 Å². The molecule has 0 atom stereocenters. The fourth-order valence-electron chi connectivity index (χ4n) is 3.61. The van der Waals surface area contributed by atoms with Crippen LogP contribution in [0.25, 0.3) is 0 Å². The molecule has 0 aliphatic carbocycles. The lowest BCUT2D eigenvalue weighted by Gasteiger charge is -2.14. The maximum Gasteiger partial charge on any atom is 0.203 e. The van der Waals surface area contributed by atoms with E-state index in [9.17, 15) is 9.59 Å². The van der Waals surface area contributed by atoms with Crippen LogP contribution >= 0.6 is 46.0 Å². The Morgan fingerprint density at radius 3 is 1.76 bits per heavy atom. The lowest BCUT2D eigenvalue weighted by molar-refractivity contribution is 0.0917. The van der Waals surface area contributed by atoms with E-state index in [1.54, 1.807) is 36.0 Å². The van der Waals surface area contributed by atoms with Gasteiger partial charge in [-0.1, -0.05) is 11.6 Å². The molecule has 0 N–H and O–H groups in total. The van der Waals surface area contributed by atoms with Crippen molar-refractivity contribution in [1.29, 1.82) is 0 Å². The van der Waals surface area contributed by atoms with E-state index in [1.807, 2.05) is 24.3 Å². The molecule has 7 nitrogen and oxygen atoms in total. The Kier molecular flexibility index (Phi) is 11.4. The average molecular weight is 671 g/mol. The summed E-state index contributed by atoms with van der Waals surface area (Å²) in [7, 11) is 5.99. The number of ether oxygens (including phenoxy) is 5. The fraction of sp³-hybridized carbons (Fsp3) is 0.286. The van der Waals surface area contributed by atoms with Gasteiger partial charge in [-0.2, -0.15) is 0 Å². The summed E-state index contributed by atoms with van der Waals surface area (Å²) in [4.78, 5) is 26.9. The van der Waals surface area contributed by atoms with Gasteiger partial charge in [0.15, 0.2) is 34.6 Å². The smallest absolute Gasteiger partial charge is 0.203 e. The highest BCUT2D eigenvalue weighted by Gasteiger charge is 2.20. The molecule has 0 saturated carbocycles. The lowest BCUT2D eigenvalue weighted by Crippen LogP contribution is -2.08. The number of hydrogen-bond acceptors (Lipinski definition) is 8. The second kappa shape index (κ2) is 14.5. The highest BCUT2D eigenvalue weighted by atomic mass is 127. The molecule has 0 heterocycles. The topological polar surface area (TPSA) is 80.3 Å². The van der Waals surface area contributed by atoms with Crippen molar-refractivity contribution in [2.75, 3.05) is 40.8 Å². The minimum absolute atomic E-state index is 0.0243. The molecule has 0 bridgehead atoms. The maximum atomic E-state index is 13.0. The molecular weight excluding hydrogens is 643 g/mol. The van der Waals surface area contributed by atoms with Crippen LogP contribution < -0.4 is 23.7 Å². The van der Waals surface area contributed by atoms with Crippen LogP contribution in [0.3, 0.4) is 0 Å². The number of thioether (sulfide) groups is 1. The van der Waals surface area contributed by atoms with E-state index in [0.717, 1.165) is 14.2 Å². The van der Waals surface area contributed by atoms with Crippen molar-refractivity contribution >= 4 is 57.5 Å². The van der Waals surface area contributed by atoms with Crippen LogP contribution in [0.4, 0.5) is 0 Å². The predicted octanol–water partition coefficient (Wildman–Crippen LogP) is 7.00. The van der Waals surface area contributed by atoms with E-state index in [2.05, 4.69) is 22.6 Å². The highest BCUT2D eigenvalue weighted by Crippen LogP contribution is 2.39. The molecule has 10 heteroatoms. The van der Waals surface area contributed by atoms with Crippen LogP contribution in [0.15, 0.2) is 53.4 Å². The first-order valence-electron chi connectivity index (χ1n) is 11.6. The van der Waals surface area contributed by atoms with Crippen molar-refractivity contribution in [1.82, 2.24) is 0 Å². The third kappa shape index (κ3) is 7.70. The second-order valence-corrected chi connectivity index (χ2v) is 10.7. The molecule has 3 rings (SSSR count). The zero-order chi connectivity index (χ0) is 27.7. The van der Waals surface area contributed by atoms with Crippen LogP contribution in [0.2, 0.25) is 5.02 Å². The molecule has 0 amide bonds. The molecule has 3 aromatic carbocycles. The number of carbonyl (C=O) groups excluding carboxylic acids is 2. The lowest BCUT2D eigenvalue weighted by atomic mass is 10.0. The number of carbonyl (C=O) groups is 2. The van der Waals surface area contributed by atoms with Gasteiger partial charge < -0.3 is 23.7 Å². The number of rotatable bonds is 14. The molecule has 0 aromatic heterocycles. The first kappa shape index (κ1) is 29.9. The van der Waals surface area contributed by atoms with Crippen LogP contribution in [0.5, 0.6) is 28.7 Å². The summed E-state index contributed by atoms with van der Waals surface area (Å²) in [6.07, 6.45) is 0.0587. The quantitative estimate of drug-likeness (QED) is 0.0786. The zero-order valence-corrected chi connectivity index (χ0v) is 25.2. The minimum Gasteiger partial charge on any atom is -0.493 e. The number of ketones is 2. The third-order valence-corrected chi connectivity index (χ3v) is 7.56. The number of benzene rings is 3. The van der Waals surface area contributed by atoms with Crippen molar-refractivity contribution in [3.8, 4) is 28.7 Å². The Morgan fingerprint density at radius 1 is 0.763 bits per heavy atom. The van der Waals surface area contributed by atoms with E-state index < -0.39 is 0 Å². The summed E-state index contributed by atoms with van der Waals surface area (Å²) in [5, 5.41) is 0.699. The van der Waals surface area contributed by atoms with Gasteiger partial charge in [0.1, 0.15) is 0 Å². The number of halogens is 2. The van der Waals surface area contributed by atoms with Gasteiger partial charge in [-0.05, 0) is 71.1 Å². The average Bonchev–Trinajstić information content (AvgIpc) is 2.94. The summed E-state index contributed by atoms with van der Waals surface area (Å²) >= 11 is 9.71. The van der Waals surface area contributed by atoms with Gasteiger partial charge in [-0.25, -0.2) is 0 Å². The molecule has 38 heavy (non-hydrogen) atoms. The van der Waals surface area contributed by atoms with Gasteiger partial charge in [0, 0.05) is 39.6 Å². The number of Topliss-reactive ketones (excluding diaryl/α,β-unsaturated/α-hetero) is 2. The van der Waals surface area contributed by atoms with E-state index in [-0.39, 0.29) is 24.4 Å². The molecular formula is C28H28ClIO7S.